The molecule has 1 aromatic heterocycles. The van der Waals surface area contributed by atoms with Crippen LogP contribution in [0.5, 0.6) is 5.75 Å². The van der Waals surface area contributed by atoms with E-state index in [9.17, 15) is 9.59 Å². The molecule has 0 saturated heterocycles. The van der Waals surface area contributed by atoms with E-state index >= 15 is 0 Å². The largest absolute Gasteiger partial charge is 0.481 e. The maximum atomic E-state index is 11.9. The summed E-state index contributed by atoms with van der Waals surface area (Å²) in [5.74, 6) is 5.40. The predicted octanol–water partition coefficient (Wildman–Crippen LogP) is 0.136. The molecule has 0 saturated carbocycles. The molecule has 3 N–H and O–H groups in total. The van der Waals surface area contributed by atoms with Gasteiger partial charge in [0.1, 0.15) is 24.0 Å². The number of aliphatic hydroxyl groups excluding tert-OH is 1. The minimum absolute atomic E-state index is 0.171. The summed E-state index contributed by atoms with van der Waals surface area (Å²) in [4.78, 5) is 22.6. The zero-order valence-electron chi connectivity index (χ0n) is 11.5. The van der Waals surface area contributed by atoms with Crippen LogP contribution >= 0.6 is 11.3 Å². The molecule has 0 radical (unpaired) electrons. The number of aromatic amines is 1. The molecule has 0 spiro atoms. The first-order valence-electron chi connectivity index (χ1n) is 6.31. The fourth-order valence-electron chi connectivity index (χ4n) is 1.52. The molecular formula is C14H13N3O4S. The summed E-state index contributed by atoms with van der Waals surface area (Å²) in [6.45, 7) is 0.161. The molecule has 7 nitrogen and oxygen atoms in total. The topological polar surface area (TPSA) is 104 Å². The summed E-state index contributed by atoms with van der Waals surface area (Å²) in [7, 11) is 0. The molecule has 0 atom stereocenters. The van der Waals surface area contributed by atoms with Crippen molar-refractivity contribution in [2.75, 3.05) is 13.2 Å². The van der Waals surface area contributed by atoms with Crippen LogP contribution in [-0.4, -0.2) is 34.4 Å². The lowest BCUT2D eigenvalue weighted by atomic mass is 10.2. The number of ether oxygens (including phenoxy) is 1. The summed E-state index contributed by atoms with van der Waals surface area (Å²) in [6, 6.07) is 6.55. The normalized spacial score (nSPS) is 9.68. The van der Waals surface area contributed by atoms with Crippen LogP contribution < -0.4 is 14.9 Å². The van der Waals surface area contributed by atoms with E-state index in [1.807, 2.05) is 0 Å². The van der Waals surface area contributed by atoms with Crippen LogP contribution in [0.25, 0.3) is 0 Å². The van der Waals surface area contributed by atoms with Crippen LogP contribution in [0.1, 0.15) is 15.4 Å². The van der Waals surface area contributed by atoms with Gasteiger partial charge in [0, 0.05) is 5.56 Å². The van der Waals surface area contributed by atoms with Gasteiger partial charge in [-0.05, 0) is 24.3 Å². The fraction of sp³-hybridized carbons (Fsp3) is 0.214. The SMILES string of the molecule is O=C(NCc1n[nH]c(=O)s1)c1ccc(OCC#CCO)cc1. The van der Waals surface area contributed by atoms with Crippen molar-refractivity contribution < 1.29 is 14.6 Å². The van der Waals surface area contributed by atoms with Crippen molar-refractivity contribution in [1.29, 1.82) is 0 Å². The van der Waals surface area contributed by atoms with Crippen LogP contribution in [0.2, 0.25) is 0 Å². The Hall–Kier alpha value is -2.63. The zero-order valence-corrected chi connectivity index (χ0v) is 12.3. The third kappa shape index (κ3) is 4.73. The number of H-pyrrole nitrogens is 1. The van der Waals surface area contributed by atoms with Gasteiger partial charge in [-0.1, -0.05) is 23.2 Å². The molecule has 1 amide bonds. The highest BCUT2D eigenvalue weighted by Crippen LogP contribution is 2.12. The first-order chi connectivity index (χ1) is 10.7. The third-order valence-electron chi connectivity index (χ3n) is 2.51. The van der Waals surface area contributed by atoms with Crippen molar-refractivity contribution in [2.24, 2.45) is 0 Å². The summed E-state index contributed by atoms with van der Waals surface area (Å²) >= 11 is 0.953. The van der Waals surface area contributed by atoms with Crippen LogP contribution in [0.3, 0.4) is 0 Å². The second kappa shape index (κ2) is 7.97. The van der Waals surface area contributed by atoms with E-state index in [-0.39, 0.29) is 30.5 Å². The van der Waals surface area contributed by atoms with Gasteiger partial charge in [0.15, 0.2) is 0 Å². The molecular weight excluding hydrogens is 306 g/mol. The number of hydrogen-bond acceptors (Lipinski definition) is 6. The molecule has 1 heterocycles. The van der Waals surface area contributed by atoms with E-state index in [0.29, 0.717) is 16.3 Å². The van der Waals surface area contributed by atoms with Crippen LogP contribution in [-0.2, 0) is 6.54 Å². The molecule has 0 aliphatic rings. The molecule has 0 aliphatic heterocycles. The Morgan fingerprint density at radius 3 is 2.77 bits per heavy atom. The Labute approximate surface area is 130 Å². The second-order valence-electron chi connectivity index (χ2n) is 4.01. The van der Waals surface area contributed by atoms with Crippen molar-refractivity contribution >= 4 is 17.2 Å². The van der Waals surface area contributed by atoms with Crippen molar-refractivity contribution in [3.05, 3.63) is 44.5 Å². The van der Waals surface area contributed by atoms with E-state index in [1.165, 1.54) is 0 Å². The number of rotatable bonds is 5. The lowest BCUT2D eigenvalue weighted by molar-refractivity contribution is 0.0951. The number of amides is 1. The molecule has 8 heteroatoms. The summed E-state index contributed by atoms with van der Waals surface area (Å²) in [6.07, 6.45) is 0. The maximum absolute atomic E-state index is 11.9. The molecule has 2 aromatic rings. The average molecular weight is 319 g/mol. The number of benzene rings is 1. The van der Waals surface area contributed by atoms with Crippen molar-refractivity contribution in [2.45, 2.75) is 6.54 Å². The van der Waals surface area contributed by atoms with Crippen LogP contribution in [0.4, 0.5) is 0 Å². The van der Waals surface area contributed by atoms with Gasteiger partial charge >= 0.3 is 4.87 Å². The Bertz CT molecular complexity index is 740. The van der Waals surface area contributed by atoms with Crippen LogP contribution in [0, 0.1) is 11.8 Å². The first kappa shape index (κ1) is 15.8. The van der Waals surface area contributed by atoms with Gasteiger partial charge in [0.25, 0.3) is 5.91 Å². The molecule has 0 aliphatic carbocycles. The van der Waals surface area contributed by atoms with Gasteiger partial charge in [-0.15, -0.1) is 0 Å². The zero-order chi connectivity index (χ0) is 15.8. The number of hydrogen-bond donors (Lipinski definition) is 3. The molecule has 2 rings (SSSR count). The molecule has 22 heavy (non-hydrogen) atoms. The van der Waals surface area contributed by atoms with Gasteiger partial charge in [-0.3, -0.25) is 9.59 Å². The Morgan fingerprint density at radius 1 is 1.36 bits per heavy atom. The van der Waals surface area contributed by atoms with Gasteiger partial charge in [0.2, 0.25) is 0 Å². The van der Waals surface area contributed by atoms with Crippen molar-refractivity contribution in [1.82, 2.24) is 15.5 Å². The minimum Gasteiger partial charge on any atom is -0.481 e. The highest BCUT2D eigenvalue weighted by molar-refractivity contribution is 7.08. The molecule has 114 valence electrons. The Morgan fingerprint density at radius 2 is 2.14 bits per heavy atom. The molecule has 0 unspecified atom stereocenters. The number of aliphatic hydroxyl groups is 1. The Balaban J connectivity index is 1.86. The van der Waals surface area contributed by atoms with E-state index in [0.717, 1.165) is 11.3 Å². The number of carbonyl (C=O) groups excluding carboxylic acids is 1. The lowest BCUT2D eigenvalue weighted by Crippen LogP contribution is -2.22. The third-order valence-corrected chi connectivity index (χ3v) is 3.26. The van der Waals surface area contributed by atoms with Crippen LogP contribution in [0.15, 0.2) is 29.1 Å². The van der Waals surface area contributed by atoms with E-state index < -0.39 is 0 Å². The summed E-state index contributed by atoms with van der Waals surface area (Å²) in [5, 5.41) is 17.7. The molecule has 0 fully saturated rings. The van der Waals surface area contributed by atoms with Gasteiger partial charge in [0.05, 0.1) is 6.54 Å². The smallest absolute Gasteiger partial charge is 0.322 e. The number of nitrogens with zero attached hydrogens (tertiary/aromatic N) is 1. The highest BCUT2D eigenvalue weighted by Gasteiger charge is 2.07. The second-order valence-corrected chi connectivity index (χ2v) is 5.06. The number of nitrogens with one attached hydrogen (secondary N) is 2. The first-order valence-corrected chi connectivity index (χ1v) is 7.12. The van der Waals surface area contributed by atoms with E-state index in [2.05, 4.69) is 27.4 Å². The standard InChI is InChI=1S/C14H13N3O4S/c18-7-1-2-8-21-11-5-3-10(4-6-11)13(19)15-9-12-16-17-14(20)22-12/h3-6,18H,7-9H2,(H,15,19)(H,17,20). The molecule has 1 aromatic carbocycles. The lowest BCUT2D eigenvalue weighted by Gasteiger charge is -2.05. The summed E-state index contributed by atoms with van der Waals surface area (Å²) in [5.41, 5.74) is 0.469. The molecule has 0 bridgehead atoms. The quantitative estimate of drug-likeness (QED) is 0.680. The van der Waals surface area contributed by atoms with Gasteiger partial charge in [-0.25, -0.2) is 5.10 Å². The van der Waals surface area contributed by atoms with Crippen molar-refractivity contribution in [3.8, 4) is 17.6 Å². The highest BCUT2D eigenvalue weighted by atomic mass is 32.1. The van der Waals surface area contributed by atoms with Gasteiger partial charge < -0.3 is 15.2 Å². The maximum Gasteiger partial charge on any atom is 0.322 e. The van der Waals surface area contributed by atoms with Gasteiger partial charge in [-0.2, -0.15) is 5.10 Å². The van der Waals surface area contributed by atoms with E-state index in [1.54, 1.807) is 24.3 Å². The Kier molecular flexibility index (Phi) is 5.71. The monoisotopic (exact) mass is 319 g/mol. The predicted molar refractivity (Wildman–Crippen MR) is 80.7 cm³/mol. The minimum atomic E-state index is -0.269. The summed E-state index contributed by atoms with van der Waals surface area (Å²) < 4.78 is 5.31. The van der Waals surface area contributed by atoms with Crippen molar-refractivity contribution in [3.63, 3.8) is 0 Å². The van der Waals surface area contributed by atoms with E-state index in [4.69, 9.17) is 9.84 Å². The fourth-order valence-corrected chi connectivity index (χ4v) is 2.06. The number of carbonyl (C=O) groups is 1. The average Bonchev–Trinajstić information content (AvgIpc) is 2.95. The number of aromatic nitrogens is 2.